The second-order valence-corrected chi connectivity index (χ2v) is 4.42. The fourth-order valence-corrected chi connectivity index (χ4v) is 1.90. The molecule has 0 saturated carbocycles. The SMILES string of the molecule is O=Cc1cc(-n2nccn2)ccc1COc1ccc(F)cn1. The Bertz CT molecular complexity index is 773. The van der Waals surface area contributed by atoms with Gasteiger partial charge in [0.05, 0.1) is 24.3 Å². The summed E-state index contributed by atoms with van der Waals surface area (Å²) in [5.74, 6) is -0.145. The lowest BCUT2D eigenvalue weighted by atomic mass is 10.1. The molecule has 0 saturated heterocycles. The number of halogens is 1. The number of carbonyl (C=O) groups is 1. The lowest BCUT2D eigenvalue weighted by Gasteiger charge is -2.09. The summed E-state index contributed by atoms with van der Waals surface area (Å²) in [7, 11) is 0. The average Bonchev–Trinajstić information content (AvgIpc) is 3.08. The maximum absolute atomic E-state index is 12.8. The third kappa shape index (κ3) is 2.98. The molecule has 22 heavy (non-hydrogen) atoms. The van der Waals surface area contributed by atoms with Crippen molar-refractivity contribution in [2.24, 2.45) is 0 Å². The van der Waals surface area contributed by atoms with Gasteiger partial charge in [-0.1, -0.05) is 6.07 Å². The molecule has 1 aromatic carbocycles. The van der Waals surface area contributed by atoms with Crippen molar-refractivity contribution in [2.45, 2.75) is 6.61 Å². The molecule has 0 aliphatic rings. The van der Waals surface area contributed by atoms with Gasteiger partial charge >= 0.3 is 0 Å². The smallest absolute Gasteiger partial charge is 0.213 e. The molecule has 110 valence electrons. The van der Waals surface area contributed by atoms with E-state index in [2.05, 4.69) is 15.2 Å². The van der Waals surface area contributed by atoms with E-state index >= 15 is 0 Å². The topological polar surface area (TPSA) is 69.9 Å². The molecule has 0 aliphatic carbocycles. The molecule has 3 rings (SSSR count). The van der Waals surface area contributed by atoms with Crippen LogP contribution in [0, 0.1) is 5.82 Å². The van der Waals surface area contributed by atoms with Gasteiger partial charge in [-0.3, -0.25) is 4.79 Å². The fraction of sp³-hybridized carbons (Fsp3) is 0.0667. The highest BCUT2D eigenvalue weighted by Crippen LogP contribution is 2.15. The number of nitrogens with zero attached hydrogens (tertiary/aromatic N) is 4. The van der Waals surface area contributed by atoms with E-state index in [1.165, 1.54) is 16.9 Å². The van der Waals surface area contributed by atoms with Gasteiger partial charge in [0.25, 0.3) is 0 Å². The van der Waals surface area contributed by atoms with Crippen LogP contribution in [0.4, 0.5) is 4.39 Å². The van der Waals surface area contributed by atoms with Crippen molar-refractivity contribution in [3.8, 4) is 11.6 Å². The predicted molar refractivity (Wildman–Crippen MR) is 75.3 cm³/mol. The van der Waals surface area contributed by atoms with Gasteiger partial charge in [-0.2, -0.15) is 15.0 Å². The Morgan fingerprint density at radius 1 is 1.18 bits per heavy atom. The first-order chi connectivity index (χ1) is 10.8. The summed E-state index contributed by atoms with van der Waals surface area (Å²) in [6.45, 7) is 0.152. The van der Waals surface area contributed by atoms with Crippen LogP contribution in [-0.4, -0.2) is 26.3 Å². The Morgan fingerprint density at radius 2 is 2.00 bits per heavy atom. The molecule has 0 bridgehead atoms. The zero-order valence-electron chi connectivity index (χ0n) is 11.4. The molecule has 3 aromatic rings. The molecule has 6 nitrogen and oxygen atoms in total. The summed E-state index contributed by atoms with van der Waals surface area (Å²) in [5, 5.41) is 8.01. The van der Waals surface area contributed by atoms with Gasteiger partial charge in [0.15, 0.2) is 6.29 Å². The maximum Gasteiger partial charge on any atom is 0.213 e. The molecule has 0 amide bonds. The summed E-state index contributed by atoms with van der Waals surface area (Å²) in [4.78, 5) is 16.4. The summed E-state index contributed by atoms with van der Waals surface area (Å²) >= 11 is 0. The molecule has 0 spiro atoms. The molecule has 2 heterocycles. The lowest BCUT2D eigenvalue weighted by Crippen LogP contribution is -2.04. The van der Waals surface area contributed by atoms with Crippen molar-refractivity contribution < 1.29 is 13.9 Å². The van der Waals surface area contributed by atoms with Crippen LogP contribution in [0.5, 0.6) is 5.88 Å². The van der Waals surface area contributed by atoms with Gasteiger partial charge in [-0.15, -0.1) is 0 Å². The first-order valence-electron chi connectivity index (χ1n) is 6.45. The first kappa shape index (κ1) is 13.9. The largest absolute Gasteiger partial charge is 0.473 e. The highest BCUT2D eigenvalue weighted by molar-refractivity contribution is 5.78. The second-order valence-electron chi connectivity index (χ2n) is 4.42. The number of aromatic nitrogens is 4. The maximum atomic E-state index is 12.8. The Balaban J connectivity index is 1.78. The molecular formula is C15H11FN4O2. The van der Waals surface area contributed by atoms with E-state index in [0.717, 1.165) is 12.5 Å². The molecule has 0 N–H and O–H groups in total. The minimum atomic E-state index is -0.433. The molecule has 0 atom stereocenters. The Kier molecular flexibility index (Phi) is 3.86. The third-order valence-corrected chi connectivity index (χ3v) is 2.98. The van der Waals surface area contributed by atoms with Crippen LogP contribution < -0.4 is 4.74 Å². The van der Waals surface area contributed by atoms with E-state index in [9.17, 15) is 9.18 Å². The number of rotatable bonds is 5. The van der Waals surface area contributed by atoms with Gasteiger partial charge in [0.2, 0.25) is 5.88 Å². The minimum Gasteiger partial charge on any atom is -0.473 e. The second kappa shape index (κ2) is 6.13. The highest BCUT2D eigenvalue weighted by Gasteiger charge is 2.07. The number of benzene rings is 1. The van der Waals surface area contributed by atoms with Crippen LogP contribution in [0.1, 0.15) is 15.9 Å². The van der Waals surface area contributed by atoms with E-state index in [1.807, 2.05) is 0 Å². The summed E-state index contributed by atoms with van der Waals surface area (Å²) in [6.07, 6.45) is 4.92. The van der Waals surface area contributed by atoms with Crippen molar-refractivity contribution in [1.29, 1.82) is 0 Å². The van der Waals surface area contributed by atoms with Gasteiger partial charge < -0.3 is 4.74 Å². The van der Waals surface area contributed by atoms with E-state index in [4.69, 9.17) is 4.74 Å². The van der Waals surface area contributed by atoms with Crippen LogP contribution in [0.3, 0.4) is 0 Å². The Labute approximate surface area is 125 Å². The van der Waals surface area contributed by atoms with Crippen molar-refractivity contribution in [3.63, 3.8) is 0 Å². The van der Waals surface area contributed by atoms with Gasteiger partial charge in [0, 0.05) is 11.6 Å². The summed E-state index contributed by atoms with van der Waals surface area (Å²) < 4.78 is 18.2. The Hall–Kier alpha value is -3.09. The normalized spacial score (nSPS) is 10.4. The van der Waals surface area contributed by atoms with E-state index in [0.29, 0.717) is 16.8 Å². The van der Waals surface area contributed by atoms with E-state index < -0.39 is 5.82 Å². The lowest BCUT2D eigenvalue weighted by molar-refractivity contribution is 0.112. The van der Waals surface area contributed by atoms with Crippen molar-refractivity contribution in [3.05, 3.63) is 65.9 Å². The quantitative estimate of drug-likeness (QED) is 0.675. The predicted octanol–water partition coefficient (Wildman–Crippen LogP) is 2.19. The molecule has 2 aromatic heterocycles. The van der Waals surface area contributed by atoms with Gasteiger partial charge in [-0.25, -0.2) is 9.37 Å². The van der Waals surface area contributed by atoms with Crippen LogP contribution in [0.15, 0.2) is 48.9 Å². The number of carbonyl (C=O) groups excluding carboxylic acids is 1. The molecule has 7 heteroatoms. The van der Waals surface area contributed by atoms with Crippen LogP contribution in [0.2, 0.25) is 0 Å². The zero-order chi connectivity index (χ0) is 15.4. The van der Waals surface area contributed by atoms with Crippen LogP contribution in [0.25, 0.3) is 5.69 Å². The Morgan fingerprint density at radius 3 is 2.68 bits per heavy atom. The molecule has 0 fully saturated rings. The number of aldehydes is 1. The van der Waals surface area contributed by atoms with Crippen LogP contribution >= 0.6 is 0 Å². The summed E-state index contributed by atoms with van der Waals surface area (Å²) in [5.41, 5.74) is 1.84. The van der Waals surface area contributed by atoms with Crippen molar-refractivity contribution >= 4 is 6.29 Å². The molecule has 0 radical (unpaired) electrons. The summed E-state index contributed by atoms with van der Waals surface area (Å²) in [6, 6.07) is 7.90. The van der Waals surface area contributed by atoms with Gasteiger partial charge in [0.1, 0.15) is 12.4 Å². The van der Waals surface area contributed by atoms with Gasteiger partial charge in [-0.05, 0) is 23.8 Å². The van der Waals surface area contributed by atoms with Crippen molar-refractivity contribution in [1.82, 2.24) is 20.0 Å². The standard InChI is InChI=1S/C15H11FN4O2/c16-13-2-4-15(17-8-13)22-10-11-1-3-14(7-12(11)9-21)20-18-5-6-19-20/h1-9H,10H2. The van der Waals surface area contributed by atoms with Crippen molar-refractivity contribution in [2.75, 3.05) is 0 Å². The van der Waals surface area contributed by atoms with E-state index in [1.54, 1.807) is 30.6 Å². The van der Waals surface area contributed by atoms with E-state index in [-0.39, 0.29) is 12.5 Å². The first-order valence-corrected chi connectivity index (χ1v) is 6.45. The van der Waals surface area contributed by atoms with Crippen LogP contribution in [-0.2, 0) is 6.61 Å². The highest BCUT2D eigenvalue weighted by atomic mass is 19.1. The number of ether oxygens (including phenoxy) is 1. The molecule has 0 aliphatic heterocycles. The number of hydrogen-bond donors (Lipinski definition) is 0. The minimum absolute atomic E-state index is 0.152. The number of hydrogen-bond acceptors (Lipinski definition) is 5. The third-order valence-electron chi connectivity index (χ3n) is 2.98. The number of pyridine rings is 1. The zero-order valence-corrected chi connectivity index (χ0v) is 11.4. The molecular weight excluding hydrogens is 287 g/mol. The fourth-order valence-electron chi connectivity index (χ4n) is 1.90. The monoisotopic (exact) mass is 298 g/mol. The average molecular weight is 298 g/mol. The molecule has 0 unspecified atom stereocenters.